The molecule has 1 N–H and O–H groups in total. The van der Waals surface area contributed by atoms with Crippen LogP contribution < -0.4 is 0 Å². The first-order valence-corrected chi connectivity index (χ1v) is 7.98. The summed E-state index contributed by atoms with van der Waals surface area (Å²) >= 11 is 6.21. The Bertz CT molecular complexity index is 250. The molecule has 0 aliphatic heterocycles. The fourth-order valence-corrected chi connectivity index (χ4v) is 2.99. The van der Waals surface area contributed by atoms with Crippen LogP contribution >= 0.6 is 17.5 Å². The second kappa shape index (κ2) is 5.76. The summed E-state index contributed by atoms with van der Waals surface area (Å²) in [7, 11) is 0. The molecule has 66 valence electrons. The molecule has 0 radical (unpaired) electrons. The highest BCUT2D eigenvalue weighted by atomic mass is 32.9. The van der Waals surface area contributed by atoms with Gasteiger partial charge < -0.3 is 4.89 Å². The van der Waals surface area contributed by atoms with Crippen molar-refractivity contribution in [1.82, 2.24) is 0 Å². The molecule has 0 saturated carbocycles. The number of benzene rings is 1. The molecule has 0 fully saturated rings. The molecule has 1 aromatic carbocycles. The van der Waals surface area contributed by atoms with Gasteiger partial charge in [-0.1, -0.05) is 42.1 Å². The number of rotatable bonds is 4. The highest BCUT2D eigenvalue weighted by Gasteiger charge is 1.92. The van der Waals surface area contributed by atoms with Crippen molar-refractivity contribution in [3.05, 3.63) is 35.9 Å². The van der Waals surface area contributed by atoms with Crippen LogP contribution in [0.2, 0.25) is 0 Å². The number of aryl methyl sites for hydroxylation is 1. The lowest BCUT2D eigenvalue weighted by Crippen LogP contribution is -1.85. The van der Waals surface area contributed by atoms with Crippen molar-refractivity contribution < 1.29 is 4.89 Å². The summed E-state index contributed by atoms with van der Waals surface area (Å²) in [4.78, 5) is 8.91. The first kappa shape index (κ1) is 10.3. The van der Waals surface area contributed by atoms with Crippen LogP contribution in [0.15, 0.2) is 30.3 Å². The van der Waals surface area contributed by atoms with Gasteiger partial charge in [-0.15, -0.1) is 11.4 Å². The summed E-state index contributed by atoms with van der Waals surface area (Å²) in [5, 5.41) is 0. The predicted octanol–water partition coefficient (Wildman–Crippen LogP) is 2.46. The van der Waals surface area contributed by atoms with Crippen molar-refractivity contribution in [2.75, 3.05) is 5.75 Å². The fourth-order valence-electron chi connectivity index (χ4n) is 0.901. The molecule has 12 heavy (non-hydrogen) atoms. The zero-order valence-electron chi connectivity index (χ0n) is 6.56. The Kier molecular flexibility index (Phi) is 4.93. The van der Waals surface area contributed by atoms with Crippen LogP contribution in [0.4, 0.5) is 0 Å². The van der Waals surface area contributed by atoms with Crippen LogP contribution in [-0.4, -0.2) is 10.6 Å². The zero-order valence-corrected chi connectivity index (χ0v) is 9.20. The molecule has 1 rings (SSSR count). The second-order valence-corrected chi connectivity index (χ2v) is 7.54. The molecule has 4 heteroatoms. The van der Waals surface area contributed by atoms with Crippen LogP contribution in [0.5, 0.6) is 0 Å². The Hall–Kier alpha value is 0.180. The zero-order chi connectivity index (χ0) is 8.81. The second-order valence-electron chi connectivity index (χ2n) is 2.35. The normalized spacial score (nSPS) is 12.8. The molecule has 0 heterocycles. The minimum Gasteiger partial charge on any atom is -0.359 e. The minimum absolute atomic E-state index is 0.929. The average molecular weight is 218 g/mol. The summed E-state index contributed by atoms with van der Waals surface area (Å²) in [6.45, 7) is 0. The summed E-state index contributed by atoms with van der Waals surface area (Å²) < 4.78 is 0. The first-order valence-electron chi connectivity index (χ1n) is 3.68. The number of hydrogen-bond donors (Lipinski definition) is 1. The smallest absolute Gasteiger partial charge is 0.104 e. The van der Waals surface area contributed by atoms with Crippen LogP contribution in [-0.2, 0) is 18.2 Å². The van der Waals surface area contributed by atoms with Crippen LogP contribution in [0, 0.1) is 0 Å². The van der Waals surface area contributed by atoms with Crippen molar-refractivity contribution in [1.29, 1.82) is 0 Å². The topological polar surface area (TPSA) is 20.2 Å². The maximum atomic E-state index is 8.91. The summed E-state index contributed by atoms with van der Waals surface area (Å²) in [5.74, 6) is 0.929. The molecule has 1 unspecified atom stereocenters. The molecule has 0 aliphatic carbocycles. The van der Waals surface area contributed by atoms with E-state index in [0.717, 1.165) is 12.2 Å². The maximum absolute atomic E-state index is 8.91. The van der Waals surface area contributed by atoms with Gasteiger partial charge >= 0.3 is 0 Å². The minimum atomic E-state index is -1.50. The van der Waals surface area contributed by atoms with Crippen LogP contribution in [0.1, 0.15) is 5.56 Å². The van der Waals surface area contributed by atoms with E-state index in [0.29, 0.717) is 0 Å². The van der Waals surface area contributed by atoms with E-state index in [-0.39, 0.29) is 0 Å². The van der Waals surface area contributed by atoms with Crippen molar-refractivity contribution >= 4 is 29.3 Å². The highest BCUT2D eigenvalue weighted by molar-refractivity contribution is 8.62. The quantitative estimate of drug-likeness (QED) is 0.784. The van der Waals surface area contributed by atoms with E-state index < -0.39 is 6.13 Å². The van der Waals surface area contributed by atoms with Gasteiger partial charge in [-0.3, -0.25) is 0 Å². The molecule has 0 aliphatic rings. The number of hydrogen-bond acceptors (Lipinski definition) is 2. The third kappa shape index (κ3) is 4.27. The molecule has 1 nitrogen and oxygen atoms in total. The Morgan fingerprint density at radius 2 is 2.00 bits per heavy atom. The Morgan fingerprint density at radius 1 is 1.33 bits per heavy atom. The van der Waals surface area contributed by atoms with E-state index in [1.807, 2.05) is 18.2 Å². The Balaban J connectivity index is 2.29. The third-order valence-corrected chi connectivity index (χ3v) is 4.53. The van der Waals surface area contributed by atoms with Crippen molar-refractivity contribution in [2.24, 2.45) is 0 Å². The lowest BCUT2D eigenvalue weighted by atomic mass is 10.2. The molecular weight excluding hydrogens is 207 g/mol. The van der Waals surface area contributed by atoms with E-state index >= 15 is 0 Å². The van der Waals surface area contributed by atoms with Gasteiger partial charge in [-0.25, -0.2) is 0 Å². The largest absolute Gasteiger partial charge is 0.359 e. The van der Waals surface area contributed by atoms with E-state index in [1.165, 1.54) is 16.9 Å². The van der Waals surface area contributed by atoms with Gasteiger partial charge in [0, 0.05) is 5.75 Å². The van der Waals surface area contributed by atoms with Gasteiger partial charge in [0.15, 0.2) is 0 Å². The van der Waals surface area contributed by atoms with Crippen molar-refractivity contribution in [3.63, 3.8) is 0 Å². The summed E-state index contributed by atoms with van der Waals surface area (Å²) in [6.07, 6.45) is -0.507. The van der Waals surface area contributed by atoms with Gasteiger partial charge in [-0.05, 0) is 12.0 Å². The third-order valence-electron chi connectivity index (χ3n) is 1.46. The fraction of sp³-hybridized carbons (Fsp3) is 0.250. The Morgan fingerprint density at radius 3 is 2.58 bits per heavy atom. The first-order chi connectivity index (χ1) is 5.79. The van der Waals surface area contributed by atoms with E-state index in [2.05, 4.69) is 12.1 Å². The lowest BCUT2D eigenvalue weighted by molar-refractivity contribution is 0.658. The molecule has 0 spiro atoms. The molecule has 0 saturated heterocycles. The van der Waals surface area contributed by atoms with Gasteiger partial charge in [0.1, 0.15) is 6.13 Å². The standard InChI is InChI=1S/C8H11OPS2/c9-10(11)12-7-6-8-4-2-1-3-5-8/h1-5,10H,6-7H2,(H,9,11). The maximum Gasteiger partial charge on any atom is 0.104 e. The summed E-state index contributed by atoms with van der Waals surface area (Å²) in [5.41, 5.74) is 1.31. The SMILES string of the molecule is O[PH](=S)SCCc1ccccc1. The van der Waals surface area contributed by atoms with Gasteiger partial charge in [0.25, 0.3) is 0 Å². The van der Waals surface area contributed by atoms with Crippen LogP contribution in [0.25, 0.3) is 0 Å². The van der Waals surface area contributed by atoms with Crippen molar-refractivity contribution in [2.45, 2.75) is 6.42 Å². The van der Waals surface area contributed by atoms with Crippen molar-refractivity contribution in [3.8, 4) is 0 Å². The summed E-state index contributed by atoms with van der Waals surface area (Å²) in [6, 6.07) is 10.2. The Labute approximate surface area is 82.4 Å². The highest BCUT2D eigenvalue weighted by Crippen LogP contribution is 2.33. The lowest BCUT2D eigenvalue weighted by Gasteiger charge is -1.99. The molecular formula is C8H11OPS2. The van der Waals surface area contributed by atoms with Gasteiger partial charge in [-0.2, -0.15) is 0 Å². The van der Waals surface area contributed by atoms with E-state index in [4.69, 9.17) is 16.7 Å². The van der Waals surface area contributed by atoms with Crippen LogP contribution in [0.3, 0.4) is 0 Å². The monoisotopic (exact) mass is 218 g/mol. The average Bonchev–Trinajstić information content (AvgIpc) is 2.05. The molecule has 0 bridgehead atoms. The molecule has 0 aromatic heterocycles. The molecule has 0 amide bonds. The molecule has 1 aromatic rings. The van der Waals surface area contributed by atoms with Gasteiger partial charge in [0.2, 0.25) is 0 Å². The predicted molar refractivity (Wildman–Crippen MR) is 60.5 cm³/mol. The van der Waals surface area contributed by atoms with Gasteiger partial charge in [0.05, 0.1) is 0 Å². The molecule has 1 atom stereocenters. The van der Waals surface area contributed by atoms with E-state index in [1.54, 1.807) is 0 Å². The van der Waals surface area contributed by atoms with E-state index in [9.17, 15) is 0 Å².